The molecule has 1 N–H and O–H groups in total. The minimum atomic E-state index is -0.150. The minimum absolute atomic E-state index is 0.150. The molecule has 0 amide bonds. The van der Waals surface area contributed by atoms with Gasteiger partial charge in [-0.1, -0.05) is 17.3 Å². The lowest BCUT2D eigenvalue weighted by atomic mass is 10.1. The van der Waals surface area contributed by atoms with Crippen LogP contribution in [0.5, 0.6) is 0 Å². The highest BCUT2D eigenvalue weighted by Gasteiger charge is 2.20. The lowest BCUT2D eigenvalue weighted by Crippen LogP contribution is -2.29. The van der Waals surface area contributed by atoms with E-state index in [0.29, 0.717) is 5.69 Å². The largest absolute Gasteiger partial charge is 0.411 e. The number of benzene rings is 1. The Morgan fingerprint density at radius 3 is 2.33 bits per heavy atom. The number of aromatic nitrogens is 2. The SMILES string of the molecule is CC(C)(C)n1nc(C=NO)cc1-c1ccc(N2CCCCC2)cc1. The number of hydrogen-bond acceptors (Lipinski definition) is 4. The fourth-order valence-corrected chi connectivity index (χ4v) is 3.23. The Hall–Kier alpha value is -2.30. The van der Waals surface area contributed by atoms with Gasteiger partial charge in [0, 0.05) is 18.8 Å². The summed E-state index contributed by atoms with van der Waals surface area (Å²) in [4.78, 5) is 2.46. The number of nitrogens with zero attached hydrogens (tertiary/aromatic N) is 4. The van der Waals surface area contributed by atoms with Crippen molar-refractivity contribution in [2.45, 2.75) is 45.6 Å². The molecule has 0 aliphatic carbocycles. The second kappa shape index (κ2) is 6.67. The van der Waals surface area contributed by atoms with E-state index in [1.165, 1.54) is 31.2 Å². The van der Waals surface area contributed by atoms with Crippen LogP contribution in [0.2, 0.25) is 0 Å². The van der Waals surface area contributed by atoms with Crippen molar-refractivity contribution < 1.29 is 5.21 Å². The van der Waals surface area contributed by atoms with Gasteiger partial charge in [0.15, 0.2) is 0 Å². The van der Waals surface area contributed by atoms with Gasteiger partial charge in [-0.25, -0.2) is 0 Å². The first-order valence-electron chi connectivity index (χ1n) is 8.62. The number of rotatable bonds is 3. The van der Waals surface area contributed by atoms with Crippen molar-refractivity contribution in [3.63, 3.8) is 0 Å². The van der Waals surface area contributed by atoms with Gasteiger partial charge in [-0.05, 0) is 63.8 Å². The predicted octanol–water partition coefficient (Wildman–Crippen LogP) is 4.10. The van der Waals surface area contributed by atoms with Crippen LogP contribution in [0, 0.1) is 0 Å². The minimum Gasteiger partial charge on any atom is -0.411 e. The Morgan fingerprint density at radius 2 is 1.75 bits per heavy atom. The average Bonchev–Trinajstić information content (AvgIpc) is 3.01. The first-order chi connectivity index (χ1) is 11.5. The molecule has 1 fully saturated rings. The van der Waals surface area contributed by atoms with Crippen molar-refractivity contribution in [3.05, 3.63) is 36.0 Å². The summed E-state index contributed by atoms with van der Waals surface area (Å²) < 4.78 is 1.99. The second-order valence-electron chi connectivity index (χ2n) is 7.38. The lowest BCUT2D eigenvalue weighted by Gasteiger charge is -2.29. The normalized spacial score (nSPS) is 16.0. The van der Waals surface area contributed by atoms with Crippen molar-refractivity contribution >= 4 is 11.9 Å². The Morgan fingerprint density at radius 1 is 1.08 bits per heavy atom. The third kappa shape index (κ3) is 3.45. The van der Waals surface area contributed by atoms with Crippen LogP contribution in [0.4, 0.5) is 5.69 Å². The quantitative estimate of drug-likeness (QED) is 0.525. The lowest BCUT2D eigenvalue weighted by molar-refractivity contribution is 0.321. The summed E-state index contributed by atoms with van der Waals surface area (Å²) in [7, 11) is 0. The number of hydrogen-bond donors (Lipinski definition) is 1. The molecule has 0 radical (unpaired) electrons. The molecule has 3 rings (SSSR count). The molecule has 2 heterocycles. The fraction of sp³-hybridized carbons (Fsp3) is 0.474. The molecule has 5 nitrogen and oxygen atoms in total. The molecule has 1 aliphatic heterocycles. The first-order valence-corrected chi connectivity index (χ1v) is 8.62. The highest BCUT2D eigenvalue weighted by molar-refractivity contribution is 5.79. The zero-order chi connectivity index (χ0) is 17.2. The summed E-state index contributed by atoms with van der Waals surface area (Å²) >= 11 is 0. The molecule has 0 unspecified atom stereocenters. The molecule has 0 saturated carbocycles. The molecule has 1 saturated heterocycles. The Bertz CT molecular complexity index is 704. The summed E-state index contributed by atoms with van der Waals surface area (Å²) in [6.07, 6.45) is 5.27. The molecule has 128 valence electrons. The van der Waals surface area contributed by atoms with E-state index < -0.39 is 0 Å². The van der Waals surface area contributed by atoms with Gasteiger partial charge in [0.25, 0.3) is 0 Å². The van der Waals surface area contributed by atoms with Crippen LogP contribution in [0.3, 0.4) is 0 Å². The van der Waals surface area contributed by atoms with Gasteiger partial charge < -0.3 is 10.1 Å². The van der Waals surface area contributed by atoms with Gasteiger partial charge in [-0.2, -0.15) is 5.10 Å². The van der Waals surface area contributed by atoms with E-state index in [2.05, 4.69) is 60.2 Å². The Labute approximate surface area is 143 Å². The van der Waals surface area contributed by atoms with Crippen LogP contribution in [0.25, 0.3) is 11.3 Å². The zero-order valence-electron chi connectivity index (χ0n) is 14.7. The topological polar surface area (TPSA) is 53.6 Å². The van der Waals surface area contributed by atoms with Crippen molar-refractivity contribution in [1.29, 1.82) is 0 Å². The van der Waals surface area contributed by atoms with E-state index in [4.69, 9.17) is 5.21 Å². The molecule has 5 heteroatoms. The van der Waals surface area contributed by atoms with Gasteiger partial charge >= 0.3 is 0 Å². The van der Waals surface area contributed by atoms with E-state index in [0.717, 1.165) is 24.3 Å². The van der Waals surface area contributed by atoms with Crippen LogP contribution in [0.1, 0.15) is 45.7 Å². The maximum atomic E-state index is 8.79. The summed E-state index contributed by atoms with van der Waals surface area (Å²) in [6.45, 7) is 8.65. The van der Waals surface area contributed by atoms with Crippen LogP contribution in [-0.4, -0.2) is 34.3 Å². The first kappa shape index (κ1) is 16.6. The highest BCUT2D eigenvalue weighted by atomic mass is 16.4. The van der Waals surface area contributed by atoms with Gasteiger partial charge in [0.2, 0.25) is 0 Å². The van der Waals surface area contributed by atoms with Crippen LogP contribution in [-0.2, 0) is 5.54 Å². The van der Waals surface area contributed by atoms with E-state index in [1.54, 1.807) is 0 Å². The molecule has 0 atom stereocenters. The number of anilines is 1. The zero-order valence-corrected chi connectivity index (χ0v) is 14.7. The third-order valence-corrected chi connectivity index (χ3v) is 4.44. The second-order valence-corrected chi connectivity index (χ2v) is 7.38. The predicted molar refractivity (Wildman–Crippen MR) is 98.1 cm³/mol. The van der Waals surface area contributed by atoms with E-state index in [-0.39, 0.29) is 5.54 Å². The van der Waals surface area contributed by atoms with Crippen LogP contribution >= 0.6 is 0 Å². The molecular weight excluding hydrogens is 300 g/mol. The summed E-state index contributed by atoms with van der Waals surface area (Å²) in [6, 6.07) is 10.7. The third-order valence-electron chi connectivity index (χ3n) is 4.44. The number of piperidine rings is 1. The van der Waals surface area contributed by atoms with Gasteiger partial charge in [-0.3, -0.25) is 4.68 Å². The molecular formula is C19H26N4O. The van der Waals surface area contributed by atoms with Gasteiger partial charge in [0.1, 0.15) is 5.69 Å². The molecule has 1 aromatic heterocycles. The molecule has 2 aromatic rings. The number of oxime groups is 1. The van der Waals surface area contributed by atoms with Crippen molar-refractivity contribution in [2.24, 2.45) is 5.16 Å². The van der Waals surface area contributed by atoms with Crippen molar-refractivity contribution in [2.75, 3.05) is 18.0 Å². The van der Waals surface area contributed by atoms with Crippen molar-refractivity contribution in [1.82, 2.24) is 9.78 Å². The molecule has 0 bridgehead atoms. The maximum Gasteiger partial charge on any atom is 0.107 e. The average molecular weight is 326 g/mol. The molecule has 24 heavy (non-hydrogen) atoms. The summed E-state index contributed by atoms with van der Waals surface area (Å²) in [5.41, 5.74) is 3.95. The monoisotopic (exact) mass is 326 g/mol. The van der Waals surface area contributed by atoms with Crippen LogP contribution in [0.15, 0.2) is 35.5 Å². The van der Waals surface area contributed by atoms with E-state index in [1.807, 2.05) is 10.7 Å². The molecule has 1 aromatic carbocycles. The van der Waals surface area contributed by atoms with Gasteiger partial charge in [-0.15, -0.1) is 0 Å². The Kier molecular flexibility index (Phi) is 4.60. The van der Waals surface area contributed by atoms with E-state index in [9.17, 15) is 0 Å². The molecule has 1 aliphatic rings. The maximum absolute atomic E-state index is 8.79. The summed E-state index contributed by atoms with van der Waals surface area (Å²) in [5, 5.41) is 16.4. The highest BCUT2D eigenvalue weighted by Crippen LogP contribution is 2.29. The summed E-state index contributed by atoms with van der Waals surface area (Å²) in [5.74, 6) is 0. The van der Waals surface area contributed by atoms with Crippen molar-refractivity contribution in [3.8, 4) is 11.3 Å². The van der Waals surface area contributed by atoms with E-state index >= 15 is 0 Å². The van der Waals surface area contributed by atoms with Crippen LogP contribution < -0.4 is 4.90 Å². The molecule has 0 spiro atoms. The van der Waals surface area contributed by atoms with Gasteiger partial charge in [0.05, 0.1) is 17.4 Å². The standard InChI is InChI=1S/C19H26N4O/c1-19(2,3)23-18(13-16(21-23)14-20-24)15-7-9-17(10-8-15)22-11-5-4-6-12-22/h7-10,13-14,24H,4-6,11-12H2,1-3H3. The Balaban J connectivity index is 1.93. The smallest absolute Gasteiger partial charge is 0.107 e. The fourth-order valence-electron chi connectivity index (χ4n) is 3.23.